The summed E-state index contributed by atoms with van der Waals surface area (Å²) in [5.74, 6) is 2.49. The minimum Gasteiger partial charge on any atom is -0.308 e. The molecule has 0 spiro atoms. The fourth-order valence-electron chi connectivity index (χ4n) is 17.3. The Bertz CT molecular complexity index is 7730. The van der Waals surface area contributed by atoms with Crippen molar-refractivity contribution in [2.24, 2.45) is 0 Å². The molecule has 23 rings (SSSR count). The summed E-state index contributed by atoms with van der Waals surface area (Å²) in [5.41, 5.74) is 26.8. The molecule has 9 heteroatoms. The summed E-state index contributed by atoms with van der Waals surface area (Å²) >= 11 is 0. The van der Waals surface area contributed by atoms with Crippen molar-refractivity contribution in [1.29, 1.82) is 0 Å². The van der Waals surface area contributed by atoms with Crippen LogP contribution in [0.1, 0.15) is 0 Å². The number of pyridine rings is 2. The van der Waals surface area contributed by atoms with E-state index >= 15 is 0 Å². The van der Waals surface area contributed by atoms with Crippen molar-refractivity contribution in [2.75, 3.05) is 0 Å². The third kappa shape index (κ3) is 12.8. The lowest BCUT2D eigenvalue weighted by molar-refractivity contribution is 1.07. The van der Waals surface area contributed by atoms with Gasteiger partial charge in [0.1, 0.15) is 0 Å². The Morgan fingerprint density at radius 1 is 0.175 bits per heavy atom. The van der Waals surface area contributed by atoms with Crippen LogP contribution in [0.4, 0.5) is 0 Å². The van der Waals surface area contributed by atoms with Gasteiger partial charge in [-0.15, -0.1) is 0 Å². The van der Waals surface area contributed by atoms with E-state index in [2.05, 4.69) is 403 Å². The molecule has 6 aromatic heterocycles. The lowest BCUT2D eigenvalue weighted by Crippen LogP contribution is -2.02. The highest BCUT2D eigenvalue weighted by atomic mass is 15.0. The number of rotatable bonds is 13. The first-order chi connectivity index (χ1) is 59.5. The fraction of sp³-hybridized carbons (Fsp3) is 0. The Balaban J connectivity index is 0.000000145. The van der Waals surface area contributed by atoms with Gasteiger partial charge in [-0.1, -0.05) is 364 Å². The van der Waals surface area contributed by atoms with Gasteiger partial charge in [-0.3, -0.25) is 0 Å². The van der Waals surface area contributed by atoms with E-state index in [1.54, 1.807) is 0 Å². The summed E-state index contributed by atoms with van der Waals surface area (Å²) in [4.78, 5) is 37.0. The van der Waals surface area contributed by atoms with Crippen molar-refractivity contribution in [1.82, 2.24) is 44.0 Å². The fourth-order valence-corrected chi connectivity index (χ4v) is 17.3. The van der Waals surface area contributed by atoms with E-state index < -0.39 is 0 Å². The molecule has 120 heavy (non-hydrogen) atoms. The Kier molecular flexibility index (Phi) is 17.7. The smallest absolute Gasteiger partial charge is 0.164 e. The van der Waals surface area contributed by atoms with Crippen molar-refractivity contribution < 1.29 is 0 Å². The van der Waals surface area contributed by atoms with Gasteiger partial charge in [-0.05, 0) is 122 Å². The number of nitrogens with zero attached hydrogens (tertiary/aromatic N) is 9. The van der Waals surface area contributed by atoms with Gasteiger partial charge in [0.15, 0.2) is 23.3 Å². The van der Waals surface area contributed by atoms with Crippen molar-refractivity contribution in [2.45, 2.75) is 0 Å². The number of benzene rings is 17. The van der Waals surface area contributed by atoms with Crippen molar-refractivity contribution >= 4 is 87.0 Å². The third-order valence-corrected chi connectivity index (χ3v) is 23.0. The Morgan fingerprint density at radius 3 is 0.892 bits per heavy atom. The predicted octanol–water partition coefficient (Wildman–Crippen LogP) is 28.3. The molecule has 0 aliphatic heterocycles. The van der Waals surface area contributed by atoms with Crippen molar-refractivity contribution in [3.63, 3.8) is 0 Å². The molecule has 0 N–H and O–H groups in total. The zero-order chi connectivity index (χ0) is 79.4. The molecule has 0 unspecified atom stereocenters. The van der Waals surface area contributed by atoms with Crippen LogP contribution in [0.5, 0.6) is 0 Å². The Hall–Kier alpha value is -16.2. The van der Waals surface area contributed by atoms with Crippen LogP contribution in [-0.2, 0) is 0 Å². The SMILES string of the molecule is c1ccc(-c2ccc(-c3cc(-c4ccccc4)nc(-c4ccc(-c5nc6cc7ccccc7cc6c6c5c5ccccc5n6-c5ccccc5)cc4)n3)cc2)cc1.c1ccc(-c2ccccc2-c2nc(-c3ccc(-c4nc5cc6ccccc6cc5c5c4c4ccccc4n5-c4ccccc4)cc3)nc(-c3ccccc3-c3ccccc3)n2)cc1. The van der Waals surface area contributed by atoms with Crippen LogP contribution in [0.15, 0.2) is 431 Å². The van der Waals surface area contributed by atoms with E-state index in [1.807, 2.05) is 36.4 Å². The number of hydrogen-bond donors (Lipinski definition) is 0. The van der Waals surface area contributed by atoms with Gasteiger partial charge in [0.25, 0.3) is 0 Å². The van der Waals surface area contributed by atoms with Crippen LogP contribution in [-0.4, -0.2) is 44.0 Å². The molecule has 0 amide bonds. The minimum atomic E-state index is 0.594. The molecule has 0 aliphatic carbocycles. The van der Waals surface area contributed by atoms with Gasteiger partial charge in [0, 0.05) is 88.2 Å². The van der Waals surface area contributed by atoms with Gasteiger partial charge < -0.3 is 9.13 Å². The zero-order valence-electron chi connectivity index (χ0n) is 65.0. The molecule has 0 saturated heterocycles. The second-order valence-corrected chi connectivity index (χ2v) is 30.2. The number of para-hydroxylation sites is 4. The van der Waals surface area contributed by atoms with E-state index in [-0.39, 0.29) is 0 Å². The summed E-state index contributed by atoms with van der Waals surface area (Å²) in [5, 5.41) is 11.5. The molecule has 0 saturated carbocycles. The maximum absolute atomic E-state index is 5.51. The molecule has 23 aromatic rings. The molecule has 0 aliphatic rings. The van der Waals surface area contributed by atoms with E-state index in [0.717, 1.165) is 166 Å². The lowest BCUT2D eigenvalue weighted by atomic mass is 9.98. The van der Waals surface area contributed by atoms with Crippen LogP contribution in [0.2, 0.25) is 0 Å². The van der Waals surface area contributed by atoms with Crippen LogP contribution in [0.3, 0.4) is 0 Å². The van der Waals surface area contributed by atoms with E-state index in [1.165, 1.54) is 32.7 Å². The first-order valence-corrected chi connectivity index (χ1v) is 40.5. The monoisotopic (exact) mass is 1530 g/mol. The van der Waals surface area contributed by atoms with Gasteiger partial charge in [0.2, 0.25) is 0 Å². The maximum Gasteiger partial charge on any atom is 0.164 e. The van der Waals surface area contributed by atoms with Gasteiger partial charge in [-0.2, -0.15) is 0 Å². The summed E-state index contributed by atoms with van der Waals surface area (Å²) in [6, 6.07) is 151. The summed E-state index contributed by atoms with van der Waals surface area (Å²) in [6.45, 7) is 0. The second-order valence-electron chi connectivity index (χ2n) is 30.2. The third-order valence-electron chi connectivity index (χ3n) is 23.0. The highest BCUT2D eigenvalue weighted by Crippen LogP contribution is 2.46. The number of hydrogen-bond acceptors (Lipinski definition) is 7. The number of fused-ring (bicyclic) bond motifs is 12. The quantitative estimate of drug-likeness (QED) is 0.106. The molecule has 0 fully saturated rings. The van der Waals surface area contributed by atoms with E-state index in [0.29, 0.717) is 23.3 Å². The first kappa shape index (κ1) is 70.4. The van der Waals surface area contributed by atoms with Gasteiger partial charge >= 0.3 is 0 Å². The summed E-state index contributed by atoms with van der Waals surface area (Å²) in [6.07, 6.45) is 0. The first-order valence-electron chi connectivity index (χ1n) is 40.5. The molecule has 17 aromatic carbocycles. The van der Waals surface area contributed by atoms with Gasteiger partial charge in [-0.25, -0.2) is 34.9 Å². The van der Waals surface area contributed by atoms with Crippen LogP contribution in [0.25, 0.3) is 222 Å². The van der Waals surface area contributed by atoms with E-state index in [9.17, 15) is 0 Å². The van der Waals surface area contributed by atoms with Crippen LogP contribution >= 0.6 is 0 Å². The highest BCUT2D eigenvalue weighted by molar-refractivity contribution is 6.25. The zero-order valence-corrected chi connectivity index (χ0v) is 65.0. The highest BCUT2D eigenvalue weighted by Gasteiger charge is 2.26. The Morgan fingerprint density at radius 2 is 0.467 bits per heavy atom. The minimum absolute atomic E-state index is 0.594. The molecular weight excluding hydrogens is 1460 g/mol. The van der Waals surface area contributed by atoms with Crippen molar-refractivity contribution in [3.05, 3.63) is 431 Å². The standard InChI is InChI=1S/C58H37N5.C53H34N4/c1-4-18-38(19-5-1)45-26-12-14-28-47(45)57-60-56(61-58(62-57)48-29-15-13-27-46(48)39-20-6-2-7-21-39)41-34-32-40(33-35-41)54-53-49-30-16-17-31-52(49)63(44-24-8-3-9-25-44)55(53)50-36-42-22-10-11-23-43(42)37-51(50)59-54;1-4-14-35(15-5-1)36-24-26-38(27-25-36)47-34-46(37-16-6-2-7-17-37)55-53(56-47)40-30-28-39(29-31-40)51-50-44-22-12-13-23-49(44)57(43-20-8-3-9-21-43)52(50)45-32-41-18-10-11-19-42(41)33-48(45)54-51/h1-37H;1-34H. The molecule has 0 bridgehead atoms. The lowest BCUT2D eigenvalue weighted by Gasteiger charge is -2.14. The molecule has 6 heterocycles. The van der Waals surface area contributed by atoms with Gasteiger partial charge in [0.05, 0.1) is 55.9 Å². The number of aromatic nitrogens is 9. The van der Waals surface area contributed by atoms with Crippen molar-refractivity contribution in [3.8, 4) is 135 Å². The molecular formula is C111H71N9. The average Bonchev–Trinajstić information content (AvgIpc) is 1.55. The molecule has 9 nitrogen and oxygen atoms in total. The van der Waals surface area contributed by atoms with E-state index in [4.69, 9.17) is 34.9 Å². The molecule has 0 atom stereocenters. The molecule has 560 valence electrons. The largest absolute Gasteiger partial charge is 0.308 e. The average molecular weight is 1530 g/mol. The summed E-state index contributed by atoms with van der Waals surface area (Å²) < 4.78 is 4.80. The predicted molar refractivity (Wildman–Crippen MR) is 496 cm³/mol. The summed E-state index contributed by atoms with van der Waals surface area (Å²) in [7, 11) is 0. The van der Waals surface area contributed by atoms with Crippen LogP contribution in [0, 0.1) is 0 Å². The topological polar surface area (TPSA) is 100 Å². The Labute approximate surface area is 692 Å². The second kappa shape index (κ2) is 30.2. The maximum atomic E-state index is 5.51. The van der Waals surface area contributed by atoms with Crippen LogP contribution < -0.4 is 0 Å². The normalized spacial score (nSPS) is 11.5. The molecule has 0 radical (unpaired) electrons.